The lowest BCUT2D eigenvalue weighted by atomic mass is 10.0. The van der Waals surface area contributed by atoms with Gasteiger partial charge in [0.15, 0.2) is 5.78 Å². The highest BCUT2D eigenvalue weighted by Gasteiger charge is 2.18. The zero-order chi connectivity index (χ0) is 17.5. The lowest BCUT2D eigenvalue weighted by Gasteiger charge is -2.13. The van der Waals surface area contributed by atoms with Gasteiger partial charge in [-0.3, -0.25) is 9.59 Å². The summed E-state index contributed by atoms with van der Waals surface area (Å²) in [6, 6.07) is 11.0. The smallest absolute Gasteiger partial charge is 0.303 e. The van der Waals surface area contributed by atoms with E-state index in [4.69, 9.17) is 14.6 Å². The van der Waals surface area contributed by atoms with E-state index in [0.717, 1.165) is 0 Å². The molecule has 24 heavy (non-hydrogen) atoms. The van der Waals surface area contributed by atoms with Gasteiger partial charge in [0.25, 0.3) is 0 Å². The molecule has 0 heterocycles. The summed E-state index contributed by atoms with van der Waals surface area (Å²) in [7, 11) is 1.49. The number of phenolic OH excluding ortho intramolecular Hbond substituents is 1. The predicted molar refractivity (Wildman–Crippen MR) is 86.9 cm³/mol. The van der Waals surface area contributed by atoms with Crippen LogP contribution in [0.5, 0.6) is 17.2 Å². The van der Waals surface area contributed by atoms with Crippen LogP contribution in [0.25, 0.3) is 0 Å². The average molecular weight is 330 g/mol. The number of benzene rings is 2. The van der Waals surface area contributed by atoms with Crippen LogP contribution in [0.4, 0.5) is 0 Å². The maximum atomic E-state index is 12.7. The average Bonchev–Trinajstić information content (AvgIpc) is 2.58. The molecule has 0 fully saturated rings. The summed E-state index contributed by atoms with van der Waals surface area (Å²) in [6.07, 6.45) is 0.295. The van der Waals surface area contributed by atoms with E-state index >= 15 is 0 Å². The van der Waals surface area contributed by atoms with E-state index < -0.39 is 5.97 Å². The summed E-state index contributed by atoms with van der Waals surface area (Å²) in [5.41, 5.74) is 0.436. The molecule has 0 aliphatic rings. The van der Waals surface area contributed by atoms with E-state index in [1.807, 2.05) is 0 Å². The molecular formula is C18H18O6. The first-order valence-corrected chi connectivity index (χ1v) is 7.38. The fraction of sp³-hybridized carbons (Fsp3) is 0.222. The molecule has 0 atom stereocenters. The molecule has 0 radical (unpaired) electrons. The van der Waals surface area contributed by atoms with Crippen molar-refractivity contribution in [3.05, 3.63) is 53.6 Å². The third-order valence-electron chi connectivity index (χ3n) is 3.37. The number of carboxylic acids is 1. The topological polar surface area (TPSA) is 93.1 Å². The van der Waals surface area contributed by atoms with Crippen molar-refractivity contribution < 1.29 is 29.3 Å². The van der Waals surface area contributed by atoms with Crippen LogP contribution < -0.4 is 9.47 Å². The monoisotopic (exact) mass is 330 g/mol. The summed E-state index contributed by atoms with van der Waals surface area (Å²) in [6.45, 7) is 0.153. The second kappa shape index (κ2) is 8.01. The minimum atomic E-state index is -0.908. The molecular weight excluding hydrogens is 312 g/mol. The zero-order valence-corrected chi connectivity index (χ0v) is 13.2. The van der Waals surface area contributed by atoms with E-state index in [1.165, 1.54) is 19.2 Å². The number of hydrogen-bond acceptors (Lipinski definition) is 5. The van der Waals surface area contributed by atoms with Gasteiger partial charge in [-0.1, -0.05) is 12.1 Å². The molecule has 0 amide bonds. The standard InChI is InChI=1S/C18H18O6/c1-23-12-8-9-14(16(11-12)24-10-4-7-17(20)21)18(22)13-5-2-3-6-15(13)19/h2-3,5-6,8-9,11,19H,4,7,10H2,1H3,(H,20,21). The van der Waals surface area contributed by atoms with Crippen LogP contribution in [0.3, 0.4) is 0 Å². The number of ketones is 1. The Balaban J connectivity index is 2.26. The summed E-state index contributed by atoms with van der Waals surface area (Å²) in [4.78, 5) is 23.2. The highest BCUT2D eigenvalue weighted by atomic mass is 16.5. The molecule has 0 spiro atoms. The lowest BCUT2D eigenvalue weighted by molar-refractivity contribution is -0.137. The van der Waals surface area contributed by atoms with Crippen LogP contribution in [0.1, 0.15) is 28.8 Å². The van der Waals surface area contributed by atoms with Gasteiger partial charge in [0.1, 0.15) is 17.2 Å². The molecule has 6 heteroatoms. The molecule has 0 saturated heterocycles. The number of aliphatic carboxylic acids is 1. The Bertz CT molecular complexity index is 738. The van der Waals surface area contributed by atoms with E-state index in [2.05, 4.69) is 0 Å². The van der Waals surface area contributed by atoms with Crippen LogP contribution in [-0.4, -0.2) is 35.7 Å². The van der Waals surface area contributed by atoms with Gasteiger partial charge in [-0.25, -0.2) is 0 Å². The van der Waals surface area contributed by atoms with Gasteiger partial charge in [0.05, 0.1) is 24.8 Å². The van der Waals surface area contributed by atoms with Crippen molar-refractivity contribution in [2.24, 2.45) is 0 Å². The van der Waals surface area contributed by atoms with Gasteiger partial charge < -0.3 is 19.7 Å². The van der Waals surface area contributed by atoms with Gasteiger partial charge in [-0.2, -0.15) is 0 Å². The number of phenols is 1. The molecule has 0 aliphatic carbocycles. The maximum absolute atomic E-state index is 12.7. The highest BCUT2D eigenvalue weighted by Crippen LogP contribution is 2.29. The molecule has 0 aliphatic heterocycles. The molecule has 2 N–H and O–H groups in total. The Hall–Kier alpha value is -3.02. The van der Waals surface area contributed by atoms with Gasteiger partial charge in [0, 0.05) is 12.5 Å². The van der Waals surface area contributed by atoms with Crippen LogP contribution in [0.15, 0.2) is 42.5 Å². The molecule has 2 rings (SSSR count). The molecule has 2 aromatic rings. The highest BCUT2D eigenvalue weighted by molar-refractivity contribution is 6.12. The number of carbonyl (C=O) groups excluding carboxylic acids is 1. The molecule has 6 nitrogen and oxygen atoms in total. The van der Waals surface area contributed by atoms with Crippen molar-refractivity contribution in [3.63, 3.8) is 0 Å². The Morgan fingerprint density at radius 1 is 1.08 bits per heavy atom. The number of aromatic hydroxyl groups is 1. The minimum absolute atomic E-state index is 0.0211. The molecule has 0 aromatic heterocycles. The van der Waals surface area contributed by atoms with Gasteiger partial charge in [0.2, 0.25) is 0 Å². The van der Waals surface area contributed by atoms with Crippen LogP contribution in [-0.2, 0) is 4.79 Å². The van der Waals surface area contributed by atoms with E-state index in [9.17, 15) is 14.7 Å². The summed E-state index contributed by atoms with van der Waals surface area (Å²) >= 11 is 0. The summed E-state index contributed by atoms with van der Waals surface area (Å²) in [5, 5.41) is 18.5. The minimum Gasteiger partial charge on any atom is -0.507 e. The number of ether oxygens (including phenoxy) is 2. The number of methoxy groups -OCH3 is 1. The van der Waals surface area contributed by atoms with Crippen LogP contribution >= 0.6 is 0 Å². The van der Waals surface area contributed by atoms with Crippen molar-refractivity contribution in [1.82, 2.24) is 0 Å². The van der Waals surface area contributed by atoms with E-state index in [1.54, 1.807) is 30.3 Å². The second-order valence-corrected chi connectivity index (χ2v) is 5.05. The van der Waals surface area contributed by atoms with Crippen LogP contribution in [0, 0.1) is 0 Å². The molecule has 0 bridgehead atoms. The fourth-order valence-electron chi connectivity index (χ4n) is 2.15. The van der Waals surface area contributed by atoms with Crippen molar-refractivity contribution >= 4 is 11.8 Å². The number of carbonyl (C=O) groups is 2. The second-order valence-electron chi connectivity index (χ2n) is 5.05. The fourth-order valence-corrected chi connectivity index (χ4v) is 2.15. The third-order valence-corrected chi connectivity index (χ3v) is 3.37. The Morgan fingerprint density at radius 3 is 2.50 bits per heavy atom. The quantitative estimate of drug-likeness (QED) is 0.571. The SMILES string of the molecule is COc1ccc(C(=O)c2ccccc2O)c(OCCCC(=O)O)c1. The summed E-state index contributed by atoms with van der Waals surface area (Å²) in [5.74, 6) is -0.612. The maximum Gasteiger partial charge on any atom is 0.303 e. The van der Waals surface area contributed by atoms with Crippen molar-refractivity contribution in [3.8, 4) is 17.2 Å². The number of para-hydroxylation sites is 1. The molecule has 0 saturated carbocycles. The molecule has 2 aromatic carbocycles. The normalized spacial score (nSPS) is 10.2. The Labute approximate surface area is 139 Å². The third kappa shape index (κ3) is 4.25. The van der Waals surface area contributed by atoms with E-state index in [0.29, 0.717) is 12.2 Å². The van der Waals surface area contributed by atoms with Crippen LogP contribution in [0.2, 0.25) is 0 Å². The first-order valence-electron chi connectivity index (χ1n) is 7.38. The zero-order valence-electron chi connectivity index (χ0n) is 13.2. The Morgan fingerprint density at radius 2 is 1.83 bits per heavy atom. The largest absolute Gasteiger partial charge is 0.507 e. The first-order chi connectivity index (χ1) is 11.5. The lowest BCUT2D eigenvalue weighted by Crippen LogP contribution is -2.08. The number of rotatable bonds is 8. The number of carboxylic acid groups (broad SMARTS) is 1. The summed E-state index contributed by atoms with van der Waals surface area (Å²) < 4.78 is 10.7. The van der Waals surface area contributed by atoms with Crippen molar-refractivity contribution in [1.29, 1.82) is 0 Å². The Kier molecular flexibility index (Phi) is 5.78. The predicted octanol–water partition coefficient (Wildman–Crippen LogP) is 2.88. The van der Waals surface area contributed by atoms with Crippen molar-refractivity contribution in [2.45, 2.75) is 12.8 Å². The first kappa shape index (κ1) is 17.3. The van der Waals surface area contributed by atoms with Gasteiger partial charge in [-0.15, -0.1) is 0 Å². The van der Waals surface area contributed by atoms with Crippen molar-refractivity contribution in [2.75, 3.05) is 13.7 Å². The molecule has 0 unspecified atom stereocenters. The van der Waals surface area contributed by atoms with Gasteiger partial charge in [-0.05, 0) is 30.7 Å². The molecule has 126 valence electrons. The number of hydrogen-bond donors (Lipinski definition) is 2. The van der Waals surface area contributed by atoms with Gasteiger partial charge >= 0.3 is 5.97 Å². The van der Waals surface area contributed by atoms with E-state index in [-0.39, 0.29) is 41.4 Å².